The zero-order chi connectivity index (χ0) is 13.9. The molecule has 0 unspecified atom stereocenters. The third-order valence-corrected chi connectivity index (χ3v) is 3.75. The average molecular weight is 291 g/mol. The lowest BCUT2D eigenvalue weighted by atomic mass is 10.2. The van der Waals surface area contributed by atoms with Crippen LogP contribution >= 0.6 is 11.6 Å². The molecular formula is C14H15ClN4O. The van der Waals surface area contributed by atoms with Gasteiger partial charge in [-0.1, -0.05) is 11.6 Å². The third-order valence-electron chi connectivity index (χ3n) is 3.40. The number of hydrogen-bond donors (Lipinski definition) is 2. The molecule has 0 saturated carbocycles. The first-order chi connectivity index (χ1) is 9.74. The summed E-state index contributed by atoms with van der Waals surface area (Å²) in [5.41, 5.74) is 1.73. The van der Waals surface area contributed by atoms with Gasteiger partial charge in [-0.25, -0.2) is 4.98 Å². The summed E-state index contributed by atoms with van der Waals surface area (Å²) in [4.78, 5) is 20.2. The van der Waals surface area contributed by atoms with E-state index in [2.05, 4.69) is 32.3 Å². The molecule has 2 N–H and O–H groups in total. The smallest absolute Gasteiger partial charge is 0.271 e. The van der Waals surface area contributed by atoms with Gasteiger partial charge in [-0.3, -0.25) is 4.79 Å². The van der Waals surface area contributed by atoms with E-state index in [4.69, 9.17) is 11.6 Å². The molecule has 1 saturated heterocycles. The Morgan fingerprint density at radius 3 is 2.60 bits per heavy atom. The van der Waals surface area contributed by atoms with E-state index in [0.717, 1.165) is 18.8 Å². The van der Waals surface area contributed by atoms with Crippen LogP contribution in [0.1, 0.15) is 12.8 Å². The zero-order valence-electron chi connectivity index (χ0n) is 10.9. The number of rotatable bonds is 3. The van der Waals surface area contributed by atoms with Gasteiger partial charge in [-0.05, 0) is 37.1 Å². The van der Waals surface area contributed by atoms with Gasteiger partial charge < -0.3 is 15.2 Å². The summed E-state index contributed by atoms with van der Waals surface area (Å²) in [6.07, 6.45) is 3.84. The summed E-state index contributed by atoms with van der Waals surface area (Å²) in [5.74, 6) is 0.365. The molecule has 1 aromatic carbocycles. The predicted molar refractivity (Wildman–Crippen MR) is 81.0 cm³/mol. The van der Waals surface area contributed by atoms with E-state index in [1.807, 2.05) is 12.1 Å². The molecule has 1 aliphatic rings. The van der Waals surface area contributed by atoms with Crippen LogP contribution in [-0.4, -0.2) is 23.1 Å². The van der Waals surface area contributed by atoms with Crippen molar-refractivity contribution in [2.75, 3.05) is 23.3 Å². The van der Waals surface area contributed by atoms with Crippen LogP contribution in [0.3, 0.4) is 0 Å². The number of aromatic nitrogens is 2. The molecule has 104 valence electrons. The molecular weight excluding hydrogens is 276 g/mol. The van der Waals surface area contributed by atoms with E-state index in [1.54, 1.807) is 0 Å². The Hall–Kier alpha value is -2.01. The third kappa shape index (κ3) is 2.63. The lowest BCUT2D eigenvalue weighted by Crippen LogP contribution is -2.17. The fourth-order valence-electron chi connectivity index (χ4n) is 2.34. The van der Waals surface area contributed by atoms with Crippen molar-refractivity contribution >= 4 is 28.8 Å². The molecule has 2 aromatic rings. The molecule has 20 heavy (non-hydrogen) atoms. The Bertz CT molecular complexity index is 647. The molecule has 0 amide bonds. The SMILES string of the molecule is O=c1[nH]cnc(Nc2ccc(N3CCCC3)cc2)c1Cl. The van der Waals surface area contributed by atoms with Gasteiger partial charge in [0.25, 0.3) is 5.56 Å². The molecule has 0 aliphatic carbocycles. The quantitative estimate of drug-likeness (QED) is 0.912. The van der Waals surface area contributed by atoms with Crippen LogP contribution in [0, 0.1) is 0 Å². The summed E-state index contributed by atoms with van der Waals surface area (Å²) < 4.78 is 0. The maximum absolute atomic E-state index is 11.4. The summed E-state index contributed by atoms with van der Waals surface area (Å²) >= 11 is 5.90. The van der Waals surface area contributed by atoms with E-state index in [9.17, 15) is 4.79 Å². The second kappa shape index (κ2) is 5.54. The van der Waals surface area contributed by atoms with Gasteiger partial charge in [-0.2, -0.15) is 0 Å². The number of nitrogens with zero attached hydrogens (tertiary/aromatic N) is 2. The first-order valence-electron chi connectivity index (χ1n) is 6.59. The van der Waals surface area contributed by atoms with E-state index < -0.39 is 0 Å². The van der Waals surface area contributed by atoms with Crippen LogP contribution in [-0.2, 0) is 0 Å². The van der Waals surface area contributed by atoms with E-state index in [0.29, 0.717) is 5.82 Å². The highest BCUT2D eigenvalue weighted by molar-refractivity contribution is 6.32. The van der Waals surface area contributed by atoms with Crippen molar-refractivity contribution in [1.82, 2.24) is 9.97 Å². The van der Waals surface area contributed by atoms with Crippen molar-refractivity contribution in [2.24, 2.45) is 0 Å². The molecule has 2 heterocycles. The molecule has 5 nitrogen and oxygen atoms in total. The maximum Gasteiger partial charge on any atom is 0.271 e. The van der Waals surface area contributed by atoms with E-state index in [-0.39, 0.29) is 10.6 Å². The summed E-state index contributed by atoms with van der Waals surface area (Å²) in [6, 6.07) is 8.06. The predicted octanol–water partition coefficient (Wildman–Crippen LogP) is 2.77. The summed E-state index contributed by atoms with van der Waals surface area (Å²) in [5, 5.41) is 3.12. The van der Waals surface area contributed by atoms with Crippen molar-refractivity contribution in [3.8, 4) is 0 Å². The Balaban J connectivity index is 1.78. The molecule has 0 spiro atoms. The van der Waals surface area contributed by atoms with Crippen LogP contribution in [0.5, 0.6) is 0 Å². The molecule has 1 fully saturated rings. The normalized spacial score (nSPS) is 14.6. The van der Waals surface area contributed by atoms with Crippen LogP contribution in [0.2, 0.25) is 5.02 Å². The van der Waals surface area contributed by atoms with E-state index in [1.165, 1.54) is 24.9 Å². The number of benzene rings is 1. The van der Waals surface area contributed by atoms with Crippen LogP contribution < -0.4 is 15.8 Å². The van der Waals surface area contributed by atoms with Gasteiger partial charge in [0, 0.05) is 24.5 Å². The Labute approximate surface area is 121 Å². The fraction of sp³-hybridized carbons (Fsp3) is 0.286. The molecule has 0 radical (unpaired) electrons. The highest BCUT2D eigenvalue weighted by atomic mass is 35.5. The minimum absolute atomic E-state index is 0.0659. The van der Waals surface area contributed by atoms with Gasteiger partial charge in [0.05, 0.1) is 6.33 Å². The number of aromatic amines is 1. The fourth-order valence-corrected chi connectivity index (χ4v) is 2.49. The van der Waals surface area contributed by atoms with Gasteiger partial charge in [0.1, 0.15) is 5.02 Å². The van der Waals surface area contributed by atoms with Crippen molar-refractivity contribution in [3.63, 3.8) is 0 Å². The van der Waals surface area contributed by atoms with Crippen molar-refractivity contribution in [1.29, 1.82) is 0 Å². The Kier molecular flexibility index (Phi) is 3.60. The second-order valence-electron chi connectivity index (χ2n) is 4.76. The Morgan fingerprint density at radius 1 is 1.20 bits per heavy atom. The number of H-pyrrole nitrogens is 1. The van der Waals surface area contributed by atoms with Gasteiger partial charge in [0.15, 0.2) is 5.82 Å². The molecule has 1 aliphatic heterocycles. The largest absolute Gasteiger partial charge is 0.372 e. The van der Waals surface area contributed by atoms with Crippen molar-refractivity contribution in [2.45, 2.75) is 12.8 Å². The molecule has 6 heteroatoms. The van der Waals surface area contributed by atoms with E-state index >= 15 is 0 Å². The Morgan fingerprint density at radius 2 is 1.90 bits per heavy atom. The number of nitrogens with one attached hydrogen (secondary N) is 2. The van der Waals surface area contributed by atoms with Crippen LogP contribution in [0.4, 0.5) is 17.2 Å². The topological polar surface area (TPSA) is 61.0 Å². The molecule has 1 aromatic heterocycles. The van der Waals surface area contributed by atoms with Gasteiger partial charge in [0.2, 0.25) is 0 Å². The maximum atomic E-state index is 11.4. The number of anilines is 3. The minimum atomic E-state index is -0.349. The molecule has 0 atom stereocenters. The second-order valence-corrected chi connectivity index (χ2v) is 5.14. The monoisotopic (exact) mass is 290 g/mol. The lowest BCUT2D eigenvalue weighted by molar-refractivity contribution is 0.949. The van der Waals surface area contributed by atoms with Gasteiger partial charge in [-0.15, -0.1) is 0 Å². The summed E-state index contributed by atoms with van der Waals surface area (Å²) in [6.45, 7) is 2.24. The van der Waals surface area contributed by atoms with Crippen molar-refractivity contribution in [3.05, 3.63) is 46.0 Å². The highest BCUT2D eigenvalue weighted by Gasteiger charge is 2.12. The van der Waals surface area contributed by atoms with Crippen LogP contribution in [0.25, 0.3) is 0 Å². The van der Waals surface area contributed by atoms with Gasteiger partial charge >= 0.3 is 0 Å². The molecule has 0 bridgehead atoms. The standard InChI is InChI=1S/C14H15ClN4O/c15-12-13(16-9-17-14(12)20)18-10-3-5-11(6-4-10)19-7-1-2-8-19/h3-6,9H,1-2,7-8H2,(H2,16,17,18,20). The number of hydrogen-bond acceptors (Lipinski definition) is 4. The zero-order valence-corrected chi connectivity index (χ0v) is 11.7. The first-order valence-corrected chi connectivity index (χ1v) is 6.97. The van der Waals surface area contributed by atoms with Crippen molar-refractivity contribution < 1.29 is 0 Å². The lowest BCUT2D eigenvalue weighted by Gasteiger charge is -2.17. The minimum Gasteiger partial charge on any atom is -0.372 e. The number of halogens is 1. The first kappa shape index (κ1) is 13.0. The summed E-state index contributed by atoms with van der Waals surface area (Å²) in [7, 11) is 0. The highest BCUT2D eigenvalue weighted by Crippen LogP contribution is 2.24. The average Bonchev–Trinajstić information content (AvgIpc) is 2.99. The molecule has 3 rings (SSSR count). The van der Waals surface area contributed by atoms with Crippen LogP contribution in [0.15, 0.2) is 35.4 Å².